The molecular weight excluding hydrogens is 705 g/mol. The van der Waals surface area contributed by atoms with Crippen molar-refractivity contribution >= 4 is 15.7 Å². The molecule has 50 heavy (non-hydrogen) atoms. The van der Waals surface area contributed by atoms with Gasteiger partial charge in [0.1, 0.15) is 22.2 Å². The number of carbonyl (C=O) groups excluding carboxylic acids is 1. The molecule has 1 aliphatic carbocycles. The molecule has 1 heterocycles. The van der Waals surface area contributed by atoms with Crippen molar-refractivity contribution in [1.82, 2.24) is 5.32 Å². The molecule has 6 nitrogen and oxygen atoms in total. The second kappa shape index (κ2) is 14.2. The quantitative estimate of drug-likeness (QED) is 0.179. The van der Waals surface area contributed by atoms with E-state index in [-0.39, 0.29) is 48.0 Å². The summed E-state index contributed by atoms with van der Waals surface area (Å²) in [6, 6.07) is 7.99. The normalized spacial score (nSPS) is 21.2. The Balaban J connectivity index is 1.53. The molecule has 272 valence electrons. The summed E-state index contributed by atoms with van der Waals surface area (Å²) in [5.41, 5.74) is -7.89. The van der Waals surface area contributed by atoms with E-state index in [1.54, 1.807) is 0 Å². The number of hydrogen-bond donors (Lipinski definition) is 1. The van der Waals surface area contributed by atoms with Crippen molar-refractivity contribution < 1.29 is 62.2 Å². The first-order valence-electron chi connectivity index (χ1n) is 15.6. The predicted octanol–water partition coefficient (Wildman–Crippen LogP) is 7.80. The molecule has 1 aliphatic heterocycles. The topological polar surface area (TPSA) is 81.7 Å². The van der Waals surface area contributed by atoms with E-state index in [4.69, 9.17) is 4.74 Å². The van der Waals surface area contributed by atoms with Gasteiger partial charge in [-0.2, -0.15) is 26.3 Å². The molecule has 1 saturated carbocycles. The SMILES string of the molecule is O=C(NC1CCC(c2ccc(C(OCc3c(F)cccc3F)(C(F)(F)F)C(F)(F)F)cc2)(S(=O)(=O)c2ccc(F)cc2)CC1)C1CCOCC1. The van der Waals surface area contributed by atoms with Crippen molar-refractivity contribution in [3.05, 3.63) is 101 Å². The van der Waals surface area contributed by atoms with E-state index in [1.807, 2.05) is 0 Å². The molecule has 0 unspecified atom stereocenters. The van der Waals surface area contributed by atoms with Crippen molar-refractivity contribution in [1.29, 1.82) is 0 Å². The average Bonchev–Trinajstić information content (AvgIpc) is 3.06. The van der Waals surface area contributed by atoms with Crippen molar-refractivity contribution in [2.24, 2.45) is 5.92 Å². The molecule has 5 rings (SSSR count). The molecule has 0 radical (unpaired) electrons. The first-order valence-corrected chi connectivity index (χ1v) is 17.1. The van der Waals surface area contributed by atoms with E-state index in [2.05, 4.69) is 10.1 Å². The Morgan fingerprint density at radius 2 is 1.34 bits per heavy atom. The number of rotatable bonds is 9. The number of alkyl halides is 6. The first-order chi connectivity index (χ1) is 23.4. The number of halogens is 9. The van der Waals surface area contributed by atoms with Gasteiger partial charge in [-0.1, -0.05) is 30.3 Å². The molecule has 0 spiro atoms. The summed E-state index contributed by atoms with van der Waals surface area (Å²) in [4.78, 5) is 12.5. The van der Waals surface area contributed by atoms with Crippen LogP contribution in [0.1, 0.15) is 55.2 Å². The minimum atomic E-state index is -6.20. The van der Waals surface area contributed by atoms with Crippen LogP contribution in [0.4, 0.5) is 39.5 Å². The highest BCUT2D eigenvalue weighted by atomic mass is 32.2. The van der Waals surface area contributed by atoms with Crippen LogP contribution in [0.5, 0.6) is 0 Å². The van der Waals surface area contributed by atoms with Crippen LogP contribution < -0.4 is 5.32 Å². The van der Waals surface area contributed by atoms with Crippen molar-refractivity contribution in [2.75, 3.05) is 13.2 Å². The molecule has 0 atom stereocenters. The molecule has 1 amide bonds. The van der Waals surface area contributed by atoms with E-state index < -0.39 is 73.8 Å². The predicted molar refractivity (Wildman–Crippen MR) is 161 cm³/mol. The fraction of sp³-hybridized carbons (Fsp3) is 0.441. The van der Waals surface area contributed by atoms with Gasteiger partial charge in [0.05, 0.1) is 11.5 Å². The van der Waals surface area contributed by atoms with Gasteiger partial charge in [0.2, 0.25) is 5.91 Å². The van der Waals surface area contributed by atoms with E-state index in [0.29, 0.717) is 50.3 Å². The van der Waals surface area contributed by atoms with Crippen LogP contribution in [0.15, 0.2) is 71.6 Å². The Hall–Kier alpha value is -3.63. The van der Waals surface area contributed by atoms with Gasteiger partial charge < -0.3 is 14.8 Å². The summed E-state index contributed by atoms with van der Waals surface area (Å²) in [5, 5.41) is 2.92. The van der Waals surface area contributed by atoms with E-state index >= 15 is 0 Å². The minimum absolute atomic E-state index is 0.0868. The molecule has 2 aliphatic rings. The van der Waals surface area contributed by atoms with Gasteiger partial charge in [-0.3, -0.25) is 4.79 Å². The molecule has 16 heteroatoms. The Morgan fingerprint density at radius 1 is 0.800 bits per heavy atom. The lowest BCUT2D eigenvalue weighted by molar-refractivity contribution is -0.392. The highest BCUT2D eigenvalue weighted by molar-refractivity contribution is 7.92. The van der Waals surface area contributed by atoms with Crippen LogP contribution in [-0.4, -0.2) is 45.9 Å². The molecule has 0 aromatic heterocycles. The Morgan fingerprint density at radius 3 is 1.86 bits per heavy atom. The largest absolute Gasteiger partial charge is 0.430 e. The lowest BCUT2D eigenvalue weighted by Gasteiger charge is -2.41. The van der Waals surface area contributed by atoms with Crippen LogP contribution >= 0.6 is 0 Å². The van der Waals surface area contributed by atoms with Crippen LogP contribution in [0.25, 0.3) is 0 Å². The lowest BCUT2D eigenvalue weighted by atomic mass is 9.79. The van der Waals surface area contributed by atoms with Crippen molar-refractivity contribution in [3.8, 4) is 0 Å². The second-order valence-electron chi connectivity index (χ2n) is 12.4. The van der Waals surface area contributed by atoms with Gasteiger partial charge in [-0.15, -0.1) is 0 Å². The van der Waals surface area contributed by atoms with Crippen LogP contribution in [0, 0.1) is 23.4 Å². The standard InChI is InChI=1S/C34H32F9NO5S/c35-24-8-10-26(11-9-24)50(46,47)31(16-12-25(13-17-31)44-30(45)21-14-18-48-19-15-21)22-4-6-23(7-5-22)32(33(38,39)40,34(41,42)43)49-20-27-28(36)2-1-3-29(27)37/h1-11,21,25H,12-20H2,(H,44,45). The van der Waals surface area contributed by atoms with Crippen LogP contribution in [0.3, 0.4) is 0 Å². The number of sulfone groups is 1. The van der Waals surface area contributed by atoms with Crippen molar-refractivity contribution in [3.63, 3.8) is 0 Å². The number of benzene rings is 3. The Labute approximate surface area is 281 Å². The van der Waals surface area contributed by atoms with Gasteiger partial charge in [0.15, 0.2) is 9.84 Å². The third kappa shape index (κ3) is 6.98. The van der Waals surface area contributed by atoms with Gasteiger partial charge in [0, 0.05) is 36.3 Å². The number of nitrogens with one attached hydrogen (secondary N) is 1. The summed E-state index contributed by atoms with van der Waals surface area (Å²) >= 11 is 0. The Kier molecular flexibility index (Phi) is 10.7. The number of hydrogen-bond acceptors (Lipinski definition) is 5. The monoisotopic (exact) mass is 737 g/mol. The van der Waals surface area contributed by atoms with E-state index in [1.165, 1.54) is 0 Å². The maximum atomic E-state index is 14.5. The third-order valence-corrected chi connectivity index (χ3v) is 12.0. The van der Waals surface area contributed by atoms with E-state index in [9.17, 15) is 52.7 Å². The summed E-state index contributed by atoms with van der Waals surface area (Å²) in [6.45, 7) is -0.928. The molecule has 3 aromatic carbocycles. The van der Waals surface area contributed by atoms with Crippen LogP contribution in [0.2, 0.25) is 0 Å². The van der Waals surface area contributed by atoms with Gasteiger partial charge in [-0.25, -0.2) is 21.6 Å². The van der Waals surface area contributed by atoms with Gasteiger partial charge in [-0.05, 0) is 80.5 Å². The maximum absolute atomic E-state index is 14.5. The summed E-state index contributed by atoms with van der Waals surface area (Å²) in [7, 11) is -4.48. The van der Waals surface area contributed by atoms with Gasteiger partial charge in [0.25, 0.3) is 5.60 Å². The number of amides is 1. The molecule has 1 saturated heterocycles. The highest BCUT2D eigenvalue weighted by Gasteiger charge is 2.73. The molecule has 2 fully saturated rings. The van der Waals surface area contributed by atoms with Gasteiger partial charge >= 0.3 is 12.4 Å². The van der Waals surface area contributed by atoms with E-state index in [0.717, 1.165) is 42.5 Å². The fourth-order valence-electron chi connectivity index (χ4n) is 6.65. The summed E-state index contributed by atoms with van der Waals surface area (Å²) in [6.07, 6.45) is -11.6. The van der Waals surface area contributed by atoms with Crippen LogP contribution in [-0.2, 0) is 41.1 Å². The molecule has 3 aromatic rings. The molecule has 1 N–H and O–H groups in total. The lowest BCUT2D eigenvalue weighted by Crippen LogP contribution is -2.56. The first kappa shape index (κ1) is 37.6. The smallest absolute Gasteiger partial charge is 0.381 e. The van der Waals surface area contributed by atoms with Crippen molar-refractivity contribution in [2.45, 2.75) is 78.8 Å². The zero-order valence-electron chi connectivity index (χ0n) is 26.2. The average molecular weight is 738 g/mol. The number of carbonyl (C=O) groups is 1. The second-order valence-corrected chi connectivity index (χ2v) is 14.6. The third-order valence-electron chi connectivity index (χ3n) is 9.48. The zero-order chi connectivity index (χ0) is 36.5. The summed E-state index contributed by atoms with van der Waals surface area (Å²) in [5.74, 6) is -4.13. The fourth-order valence-corrected chi connectivity index (χ4v) is 8.82. The zero-order valence-corrected chi connectivity index (χ0v) is 27.0. The molecule has 0 bridgehead atoms. The summed E-state index contributed by atoms with van der Waals surface area (Å²) < 4.78 is 166. The molecular formula is C34H32F9NO5S. The Bertz CT molecular complexity index is 1730. The highest BCUT2D eigenvalue weighted by Crippen LogP contribution is 2.54. The minimum Gasteiger partial charge on any atom is -0.381 e. The number of ether oxygens (including phenoxy) is 2. The maximum Gasteiger partial charge on any atom is 0.430 e.